The minimum absolute atomic E-state index is 0.241. The van der Waals surface area contributed by atoms with Gasteiger partial charge in [0.25, 0.3) is 0 Å². The van der Waals surface area contributed by atoms with E-state index in [0.717, 1.165) is 0 Å². The number of carbonyl (C=O) groups is 2. The van der Waals surface area contributed by atoms with Crippen molar-refractivity contribution in [1.29, 1.82) is 0 Å². The predicted molar refractivity (Wildman–Crippen MR) is 51.5 cm³/mol. The zero-order valence-corrected chi connectivity index (χ0v) is 8.78. The van der Waals surface area contributed by atoms with E-state index in [1.807, 2.05) is 6.92 Å². The molecule has 0 N–H and O–H groups in total. The van der Waals surface area contributed by atoms with E-state index in [-0.39, 0.29) is 5.92 Å². The molecule has 0 aromatic rings. The Hall–Kier alpha value is -1.32. The molecule has 80 valence electrons. The number of carbonyl (C=O) groups excluding carboxylic acids is 2. The Bertz CT molecular complexity index is 206. The lowest BCUT2D eigenvalue weighted by molar-refractivity contribution is -0.160. The molecular formula is C10H16O4. The Morgan fingerprint density at radius 1 is 1.29 bits per heavy atom. The highest BCUT2D eigenvalue weighted by atomic mass is 16.5. The fourth-order valence-electron chi connectivity index (χ4n) is 1.24. The maximum absolute atomic E-state index is 11.3. The maximum atomic E-state index is 11.3. The molecule has 4 nitrogen and oxygen atoms in total. The topological polar surface area (TPSA) is 52.6 Å². The first-order chi connectivity index (χ1) is 6.62. The molecule has 0 aliphatic heterocycles. The lowest BCUT2D eigenvalue weighted by Gasteiger charge is -2.18. The van der Waals surface area contributed by atoms with Crippen LogP contribution in [0.15, 0.2) is 12.7 Å². The zero-order valence-electron chi connectivity index (χ0n) is 8.78. The molecule has 0 aromatic heterocycles. The summed E-state index contributed by atoms with van der Waals surface area (Å²) < 4.78 is 9.06. The monoisotopic (exact) mass is 200 g/mol. The van der Waals surface area contributed by atoms with Crippen molar-refractivity contribution in [2.45, 2.75) is 13.3 Å². The molecule has 0 bridgehead atoms. The highest BCUT2D eigenvalue weighted by Crippen LogP contribution is 2.19. The second-order valence-corrected chi connectivity index (χ2v) is 2.83. The first kappa shape index (κ1) is 12.7. The fourth-order valence-corrected chi connectivity index (χ4v) is 1.24. The number of ether oxygens (including phenoxy) is 2. The second-order valence-electron chi connectivity index (χ2n) is 2.83. The van der Waals surface area contributed by atoms with E-state index in [2.05, 4.69) is 16.1 Å². The van der Waals surface area contributed by atoms with Gasteiger partial charge < -0.3 is 9.47 Å². The number of hydrogen-bond donors (Lipinski definition) is 0. The van der Waals surface area contributed by atoms with Crippen LogP contribution < -0.4 is 0 Å². The molecule has 4 heteroatoms. The minimum Gasteiger partial charge on any atom is -0.468 e. The van der Waals surface area contributed by atoms with Gasteiger partial charge >= 0.3 is 11.9 Å². The smallest absolute Gasteiger partial charge is 0.320 e. The normalized spacial score (nSPS) is 12.0. The summed E-state index contributed by atoms with van der Waals surface area (Å²) in [5, 5.41) is 0. The minimum atomic E-state index is -0.896. The molecule has 0 unspecified atom stereocenters. The maximum Gasteiger partial charge on any atom is 0.320 e. The van der Waals surface area contributed by atoms with Gasteiger partial charge in [0, 0.05) is 5.92 Å². The Labute approximate surface area is 83.9 Å². The summed E-state index contributed by atoms with van der Waals surface area (Å²) in [7, 11) is 2.49. The van der Waals surface area contributed by atoms with Crippen LogP contribution in [0.5, 0.6) is 0 Å². The molecule has 0 aromatic carbocycles. The molecule has 0 saturated heterocycles. The molecule has 0 amide bonds. The highest BCUT2D eigenvalue weighted by molar-refractivity contribution is 5.95. The van der Waals surface area contributed by atoms with E-state index in [0.29, 0.717) is 6.42 Å². The van der Waals surface area contributed by atoms with Crippen molar-refractivity contribution in [3.8, 4) is 0 Å². The SMILES string of the molecule is C=C[C@@H](CC)C(C(=O)OC)C(=O)OC. The Morgan fingerprint density at radius 3 is 1.93 bits per heavy atom. The van der Waals surface area contributed by atoms with Crippen LogP contribution in [0.3, 0.4) is 0 Å². The van der Waals surface area contributed by atoms with Crippen molar-refractivity contribution in [3.05, 3.63) is 12.7 Å². The van der Waals surface area contributed by atoms with Gasteiger partial charge in [-0.05, 0) is 6.42 Å². The van der Waals surface area contributed by atoms with Gasteiger partial charge in [0.2, 0.25) is 0 Å². The van der Waals surface area contributed by atoms with Crippen LogP contribution in [0.25, 0.3) is 0 Å². The van der Waals surface area contributed by atoms with Crippen LogP contribution in [0.2, 0.25) is 0 Å². The van der Waals surface area contributed by atoms with Gasteiger partial charge in [-0.2, -0.15) is 0 Å². The third kappa shape index (κ3) is 2.87. The summed E-state index contributed by atoms with van der Waals surface area (Å²) in [5.74, 6) is -2.30. The predicted octanol–water partition coefficient (Wildman–Crippen LogP) is 1.16. The number of rotatable bonds is 5. The molecule has 0 fully saturated rings. The third-order valence-electron chi connectivity index (χ3n) is 2.11. The second kappa shape index (κ2) is 6.18. The highest BCUT2D eigenvalue weighted by Gasteiger charge is 2.34. The standard InChI is InChI=1S/C10H16O4/c1-5-7(6-2)8(9(11)13-3)10(12)14-4/h5,7-8H,1,6H2,2-4H3/t7-/m0/s1. The molecule has 0 aliphatic rings. The van der Waals surface area contributed by atoms with Crippen LogP contribution in [0.4, 0.5) is 0 Å². The van der Waals surface area contributed by atoms with Crippen molar-refractivity contribution < 1.29 is 19.1 Å². The molecular weight excluding hydrogens is 184 g/mol. The van der Waals surface area contributed by atoms with Crippen molar-refractivity contribution in [1.82, 2.24) is 0 Å². The fraction of sp³-hybridized carbons (Fsp3) is 0.600. The molecule has 0 heterocycles. The number of methoxy groups -OCH3 is 2. The van der Waals surface area contributed by atoms with Gasteiger partial charge in [-0.25, -0.2) is 0 Å². The number of hydrogen-bond acceptors (Lipinski definition) is 4. The molecule has 0 aliphatic carbocycles. The van der Waals surface area contributed by atoms with Gasteiger partial charge in [0.1, 0.15) is 0 Å². The lowest BCUT2D eigenvalue weighted by Crippen LogP contribution is -2.32. The molecule has 0 radical (unpaired) electrons. The molecule has 0 saturated carbocycles. The average Bonchev–Trinajstić information content (AvgIpc) is 2.23. The largest absolute Gasteiger partial charge is 0.468 e. The van der Waals surface area contributed by atoms with Crippen molar-refractivity contribution in [2.24, 2.45) is 11.8 Å². The van der Waals surface area contributed by atoms with E-state index in [4.69, 9.17) is 0 Å². The van der Waals surface area contributed by atoms with Crippen molar-refractivity contribution in [2.75, 3.05) is 14.2 Å². The first-order valence-corrected chi connectivity index (χ1v) is 4.40. The number of allylic oxidation sites excluding steroid dienone is 1. The van der Waals surface area contributed by atoms with Crippen LogP contribution in [-0.4, -0.2) is 26.2 Å². The van der Waals surface area contributed by atoms with Gasteiger partial charge in [-0.1, -0.05) is 13.0 Å². The van der Waals surface area contributed by atoms with E-state index >= 15 is 0 Å². The summed E-state index contributed by atoms with van der Waals surface area (Å²) in [6.45, 7) is 5.44. The summed E-state index contributed by atoms with van der Waals surface area (Å²) in [4.78, 5) is 22.6. The van der Waals surface area contributed by atoms with Crippen LogP contribution in [0.1, 0.15) is 13.3 Å². The van der Waals surface area contributed by atoms with E-state index in [1.54, 1.807) is 6.08 Å². The molecule has 0 spiro atoms. The van der Waals surface area contributed by atoms with E-state index in [1.165, 1.54) is 14.2 Å². The third-order valence-corrected chi connectivity index (χ3v) is 2.11. The van der Waals surface area contributed by atoms with Crippen LogP contribution in [-0.2, 0) is 19.1 Å². The Morgan fingerprint density at radius 2 is 1.71 bits per heavy atom. The lowest BCUT2D eigenvalue weighted by atomic mass is 9.90. The summed E-state index contributed by atoms with van der Waals surface area (Å²) >= 11 is 0. The van der Waals surface area contributed by atoms with Gasteiger partial charge in [-0.3, -0.25) is 9.59 Å². The summed E-state index contributed by atoms with van der Waals surface area (Å²) in [6, 6.07) is 0. The van der Waals surface area contributed by atoms with Crippen LogP contribution >= 0.6 is 0 Å². The van der Waals surface area contributed by atoms with Crippen molar-refractivity contribution in [3.63, 3.8) is 0 Å². The Balaban J connectivity index is 4.78. The molecule has 1 atom stereocenters. The quantitative estimate of drug-likeness (QED) is 0.379. The molecule has 0 rings (SSSR count). The van der Waals surface area contributed by atoms with E-state index < -0.39 is 17.9 Å². The summed E-state index contributed by atoms with van der Waals surface area (Å²) in [6.07, 6.45) is 2.21. The molecule has 14 heavy (non-hydrogen) atoms. The first-order valence-electron chi connectivity index (χ1n) is 4.40. The Kier molecular flexibility index (Phi) is 5.60. The van der Waals surface area contributed by atoms with Gasteiger partial charge in [0.05, 0.1) is 14.2 Å². The van der Waals surface area contributed by atoms with Crippen LogP contribution in [0, 0.1) is 11.8 Å². The number of esters is 2. The van der Waals surface area contributed by atoms with Gasteiger partial charge in [0.15, 0.2) is 5.92 Å². The van der Waals surface area contributed by atoms with Gasteiger partial charge in [-0.15, -0.1) is 6.58 Å². The zero-order chi connectivity index (χ0) is 11.1. The summed E-state index contributed by atoms with van der Waals surface area (Å²) in [5.41, 5.74) is 0. The average molecular weight is 200 g/mol. The van der Waals surface area contributed by atoms with E-state index in [9.17, 15) is 9.59 Å². The van der Waals surface area contributed by atoms with Crippen molar-refractivity contribution >= 4 is 11.9 Å².